The van der Waals surface area contributed by atoms with Crippen molar-refractivity contribution < 1.29 is 13.9 Å². The third-order valence-corrected chi connectivity index (χ3v) is 3.85. The molecular formula is C16H23FN2O2. The van der Waals surface area contributed by atoms with E-state index in [1.54, 1.807) is 24.0 Å². The molecule has 1 fully saturated rings. The zero-order valence-corrected chi connectivity index (χ0v) is 12.6. The molecule has 116 valence electrons. The minimum atomic E-state index is -0.441. The van der Waals surface area contributed by atoms with Crippen molar-refractivity contribution in [3.63, 3.8) is 0 Å². The molecule has 21 heavy (non-hydrogen) atoms. The van der Waals surface area contributed by atoms with Gasteiger partial charge in [0.15, 0.2) is 0 Å². The SMILES string of the molecule is CCC[C@@H](N)C(=O)N1CCO[C@@H](c2ccc(F)c(C)c2)C1. The molecule has 2 rings (SSSR count). The normalized spacial score (nSPS) is 20.4. The summed E-state index contributed by atoms with van der Waals surface area (Å²) in [6.45, 7) is 5.25. The number of ether oxygens (including phenoxy) is 1. The van der Waals surface area contributed by atoms with Gasteiger partial charge in [-0.2, -0.15) is 0 Å². The Morgan fingerprint density at radius 3 is 3.00 bits per heavy atom. The number of carbonyl (C=O) groups is 1. The van der Waals surface area contributed by atoms with Gasteiger partial charge in [0.1, 0.15) is 11.9 Å². The number of nitrogens with two attached hydrogens (primary N) is 1. The van der Waals surface area contributed by atoms with E-state index < -0.39 is 6.04 Å². The van der Waals surface area contributed by atoms with Crippen molar-refractivity contribution in [1.29, 1.82) is 0 Å². The highest BCUT2D eigenvalue weighted by atomic mass is 19.1. The van der Waals surface area contributed by atoms with Crippen LogP contribution < -0.4 is 5.73 Å². The average Bonchev–Trinajstić information content (AvgIpc) is 2.49. The molecule has 4 nitrogen and oxygen atoms in total. The van der Waals surface area contributed by atoms with Gasteiger partial charge in [-0.25, -0.2) is 4.39 Å². The summed E-state index contributed by atoms with van der Waals surface area (Å²) in [5, 5.41) is 0. The molecule has 5 heteroatoms. The Bertz CT molecular complexity index is 507. The van der Waals surface area contributed by atoms with Gasteiger partial charge in [0.05, 0.1) is 19.2 Å². The first-order chi connectivity index (χ1) is 10.0. The van der Waals surface area contributed by atoms with E-state index in [0.717, 1.165) is 12.0 Å². The number of carbonyl (C=O) groups excluding carboxylic acids is 1. The molecule has 1 aliphatic heterocycles. The van der Waals surface area contributed by atoms with Crippen LogP contribution in [0.2, 0.25) is 0 Å². The first-order valence-corrected chi connectivity index (χ1v) is 7.45. The summed E-state index contributed by atoms with van der Waals surface area (Å²) in [5.41, 5.74) is 7.39. The molecule has 1 aromatic carbocycles. The highest BCUT2D eigenvalue weighted by Crippen LogP contribution is 2.24. The first-order valence-electron chi connectivity index (χ1n) is 7.45. The second kappa shape index (κ2) is 7.00. The van der Waals surface area contributed by atoms with Crippen molar-refractivity contribution in [2.24, 2.45) is 5.73 Å². The number of nitrogens with zero attached hydrogens (tertiary/aromatic N) is 1. The second-order valence-corrected chi connectivity index (χ2v) is 5.55. The first kappa shape index (κ1) is 15.9. The Balaban J connectivity index is 2.06. The lowest BCUT2D eigenvalue weighted by Crippen LogP contribution is -2.49. The van der Waals surface area contributed by atoms with Crippen LogP contribution in [0.1, 0.15) is 37.0 Å². The number of hydrogen-bond donors (Lipinski definition) is 1. The van der Waals surface area contributed by atoms with E-state index in [0.29, 0.717) is 31.7 Å². The van der Waals surface area contributed by atoms with Crippen LogP contribution >= 0.6 is 0 Å². The predicted molar refractivity (Wildman–Crippen MR) is 79.3 cm³/mol. The van der Waals surface area contributed by atoms with Gasteiger partial charge >= 0.3 is 0 Å². The van der Waals surface area contributed by atoms with Crippen LogP contribution in [0, 0.1) is 12.7 Å². The van der Waals surface area contributed by atoms with E-state index in [-0.39, 0.29) is 17.8 Å². The maximum Gasteiger partial charge on any atom is 0.239 e. The van der Waals surface area contributed by atoms with Crippen LogP contribution in [-0.2, 0) is 9.53 Å². The highest BCUT2D eigenvalue weighted by Gasteiger charge is 2.28. The smallest absolute Gasteiger partial charge is 0.239 e. The van der Waals surface area contributed by atoms with Crippen LogP contribution in [0.3, 0.4) is 0 Å². The van der Waals surface area contributed by atoms with E-state index in [1.807, 2.05) is 6.92 Å². The number of morpholine rings is 1. The molecular weight excluding hydrogens is 271 g/mol. The van der Waals surface area contributed by atoms with E-state index in [9.17, 15) is 9.18 Å². The lowest BCUT2D eigenvalue weighted by Gasteiger charge is -2.34. The molecule has 0 aromatic heterocycles. The average molecular weight is 294 g/mol. The van der Waals surface area contributed by atoms with Crippen molar-refractivity contribution in [3.05, 3.63) is 35.1 Å². The lowest BCUT2D eigenvalue weighted by atomic mass is 10.0. The Labute approximate surface area is 125 Å². The summed E-state index contributed by atoms with van der Waals surface area (Å²) in [5.74, 6) is -0.253. The number of halogens is 1. The lowest BCUT2D eigenvalue weighted by molar-refractivity contribution is -0.140. The maximum atomic E-state index is 13.3. The van der Waals surface area contributed by atoms with Crippen LogP contribution in [0.15, 0.2) is 18.2 Å². The van der Waals surface area contributed by atoms with Gasteiger partial charge < -0.3 is 15.4 Å². The topological polar surface area (TPSA) is 55.6 Å². The third kappa shape index (κ3) is 3.80. The molecule has 0 saturated carbocycles. The van der Waals surface area contributed by atoms with Crippen LogP contribution in [-0.4, -0.2) is 36.5 Å². The molecule has 0 aliphatic carbocycles. The fourth-order valence-electron chi connectivity index (χ4n) is 2.59. The number of aryl methyl sites for hydroxylation is 1. The summed E-state index contributed by atoms with van der Waals surface area (Å²) in [7, 11) is 0. The largest absolute Gasteiger partial charge is 0.370 e. The molecule has 1 saturated heterocycles. The number of rotatable bonds is 4. The van der Waals surface area contributed by atoms with E-state index in [4.69, 9.17) is 10.5 Å². The molecule has 0 unspecified atom stereocenters. The van der Waals surface area contributed by atoms with Crippen molar-refractivity contribution >= 4 is 5.91 Å². The molecule has 1 amide bonds. The van der Waals surface area contributed by atoms with E-state index >= 15 is 0 Å². The zero-order valence-electron chi connectivity index (χ0n) is 12.6. The van der Waals surface area contributed by atoms with Crippen LogP contribution in [0.25, 0.3) is 0 Å². The van der Waals surface area contributed by atoms with Gasteiger partial charge in [-0.15, -0.1) is 0 Å². The van der Waals surface area contributed by atoms with E-state index in [1.165, 1.54) is 6.07 Å². The molecule has 0 radical (unpaired) electrons. The van der Waals surface area contributed by atoms with E-state index in [2.05, 4.69) is 0 Å². The Morgan fingerprint density at radius 1 is 1.57 bits per heavy atom. The van der Waals surface area contributed by atoms with Gasteiger partial charge in [-0.05, 0) is 30.5 Å². The van der Waals surface area contributed by atoms with Crippen molar-refractivity contribution in [3.8, 4) is 0 Å². The van der Waals surface area contributed by atoms with Gasteiger partial charge in [-0.3, -0.25) is 4.79 Å². The quantitative estimate of drug-likeness (QED) is 0.926. The fraction of sp³-hybridized carbons (Fsp3) is 0.562. The summed E-state index contributed by atoms with van der Waals surface area (Å²) in [6.07, 6.45) is 1.37. The van der Waals surface area contributed by atoms with Crippen molar-refractivity contribution in [1.82, 2.24) is 4.90 Å². The molecule has 0 bridgehead atoms. The van der Waals surface area contributed by atoms with Gasteiger partial charge in [0.25, 0.3) is 0 Å². The molecule has 2 atom stereocenters. The highest BCUT2D eigenvalue weighted by molar-refractivity contribution is 5.81. The van der Waals surface area contributed by atoms with Crippen molar-refractivity contribution in [2.75, 3.05) is 19.7 Å². The van der Waals surface area contributed by atoms with Crippen LogP contribution in [0.5, 0.6) is 0 Å². The standard InChI is InChI=1S/C16H23FN2O2/c1-3-4-14(18)16(20)19-7-8-21-15(10-19)12-5-6-13(17)11(2)9-12/h5-6,9,14-15H,3-4,7-8,10,18H2,1-2H3/t14-,15-/m1/s1. The van der Waals surface area contributed by atoms with Gasteiger partial charge in [0, 0.05) is 6.54 Å². The molecule has 1 aromatic rings. The number of amides is 1. The second-order valence-electron chi connectivity index (χ2n) is 5.55. The van der Waals surface area contributed by atoms with Gasteiger partial charge in [-0.1, -0.05) is 25.5 Å². The number of hydrogen-bond acceptors (Lipinski definition) is 3. The predicted octanol–water partition coefficient (Wildman–Crippen LogP) is 2.16. The zero-order chi connectivity index (χ0) is 15.4. The van der Waals surface area contributed by atoms with Gasteiger partial charge in [0.2, 0.25) is 5.91 Å². The fourth-order valence-corrected chi connectivity index (χ4v) is 2.59. The number of benzene rings is 1. The Morgan fingerprint density at radius 2 is 2.33 bits per heavy atom. The maximum absolute atomic E-state index is 13.3. The molecule has 2 N–H and O–H groups in total. The monoisotopic (exact) mass is 294 g/mol. The van der Waals surface area contributed by atoms with Crippen molar-refractivity contribution in [2.45, 2.75) is 38.8 Å². The summed E-state index contributed by atoms with van der Waals surface area (Å²) < 4.78 is 19.1. The summed E-state index contributed by atoms with van der Waals surface area (Å²) in [4.78, 5) is 14.0. The minimum Gasteiger partial charge on any atom is -0.370 e. The van der Waals surface area contributed by atoms with Crippen LogP contribution in [0.4, 0.5) is 4.39 Å². The Kier molecular flexibility index (Phi) is 5.31. The third-order valence-electron chi connectivity index (χ3n) is 3.85. The molecule has 0 spiro atoms. The minimum absolute atomic E-state index is 0.0241. The molecule has 1 heterocycles. The molecule has 1 aliphatic rings. The summed E-state index contributed by atoms with van der Waals surface area (Å²) >= 11 is 0. The Hall–Kier alpha value is -1.46. The summed E-state index contributed by atoms with van der Waals surface area (Å²) in [6, 6.07) is 4.49.